The van der Waals surface area contributed by atoms with E-state index in [1.165, 1.54) is 18.2 Å². The lowest BCUT2D eigenvalue weighted by atomic mass is 10.0. The molecule has 0 atom stereocenters. The number of nitrogens with two attached hydrogens (primary N) is 2. The number of carbonyl (C=O) groups excluding carboxylic acids is 1. The first-order chi connectivity index (χ1) is 11.9. The van der Waals surface area contributed by atoms with Crippen molar-refractivity contribution in [3.05, 3.63) is 64.0 Å². The van der Waals surface area contributed by atoms with Gasteiger partial charge in [0.1, 0.15) is 5.82 Å². The highest BCUT2D eigenvalue weighted by Gasteiger charge is 2.16. The van der Waals surface area contributed by atoms with E-state index in [2.05, 4.69) is 9.98 Å². The Balaban J connectivity index is 2.29. The highest BCUT2D eigenvalue weighted by Crippen LogP contribution is 2.36. The van der Waals surface area contributed by atoms with Gasteiger partial charge in [-0.05, 0) is 18.2 Å². The number of hydrogen-bond acceptors (Lipinski definition) is 2. The van der Waals surface area contributed by atoms with Gasteiger partial charge in [0.05, 0.1) is 21.9 Å². The summed E-state index contributed by atoms with van der Waals surface area (Å²) in [6.07, 6.45) is 1.09. The van der Waals surface area contributed by atoms with E-state index in [0.717, 1.165) is 6.20 Å². The van der Waals surface area contributed by atoms with Crippen LogP contribution in [0.2, 0.25) is 10.0 Å². The number of benzene rings is 2. The molecule has 5 nitrogen and oxygen atoms in total. The molecule has 1 heterocycles. The van der Waals surface area contributed by atoms with E-state index in [4.69, 9.17) is 34.7 Å². The van der Waals surface area contributed by atoms with E-state index in [1.54, 1.807) is 18.2 Å². The third-order valence-electron chi connectivity index (χ3n) is 3.52. The Labute approximate surface area is 152 Å². The average molecular weight is 377 g/mol. The first kappa shape index (κ1) is 17.1. The number of aliphatic imine (C=N–C) groups is 1. The lowest BCUT2D eigenvalue weighted by molar-refractivity contribution is 0.100. The Morgan fingerprint density at radius 3 is 2.60 bits per heavy atom. The van der Waals surface area contributed by atoms with Gasteiger partial charge in [0.15, 0.2) is 5.96 Å². The maximum absolute atomic E-state index is 14.1. The Kier molecular flexibility index (Phi) is 4.57. The molecule has 0 aliphatic rings. The number of pyridine rings is 1. The van der Waals surface area contributed by atoms with Gasteiger partial charge >= 0.3 is 0 Å². The normalized spacial score (nSPS) is 10.7. The quantitative estimate of drug-likeness (QED) is 0.525. The molecule has 0 fully saturated rings. The summed E-state index contributed by atoms with van der Waals surface area (Å²) in [6.45, 7) is 0. The zero-order valence-corrected chi connectivity index (χ0v) is 14.1. The summed E-state index contributed by atoms with van der Waals surface area (Å²) in [4.78, 5) is 19.7. The number of hydrogen-bond donors (Lipinski definition) is 2. The van der Waals surface area contributed by atoms with Crippen molar-refractivity contribution in [1.82, 2.24) is 4.98 Å². The van der Waals surface area contributed by atoms with Crippen LogP contribution in [0.3, 0.4) is 0 Å². The van der Waals surface area contributed by atoms with Crippen LogP contribution in [0.4, 0.5) is 4.39 Å². The summed E-state index contributed by atoms with van der Waals surface area (Å²) in [6, 6.07) is 9.40. The SMILES string of the molecule is NC(N)=NC(=O)c1ccc2c(F)cnc(-c3cccc(Cl)c3Cl)c2c1. The molecule has 25 heavy (non-hydrogen) atoms. The molecule has 0 bridgehead atoms. The molecule has 0 aliphatic carbocycles. The molecule has 0 radical (unpaired) electrons. The molecule has 0 saturated carbocycles. The van der Waals surface area contributed by atoms with E-state index in [-0.39, 0.29) is 21.9 Å². The number of rotatable bonds is 2. The lowest BCUT2D eigenvalue weighted by Crippen LogP contribution is -2.24. The van der Waals surface area contributed by atoms with Crippen LogP contribution in [0.25, 0.3) is 22.0 Å². The number of aromatic nitrogens is 1. The van der Waals surface area contributed by atoms with Gasteiger partial charge in [-0.3, -0.25) is 9.78 Å². The minimum absolute atomic E-state index is 0.188. The minimum Gasteiger partial charge on any atom is -0.370 e. The van der Waals surface area contributed by atoms with Crippen molar-refractivity contribution in [2.45, 2.75) is 0 Å². The van der Waals surface area contributed by atoms with Crippen molar-refractivity contribution in [3.8, 4) is 11.3 Å². The summed E-state index contributed by atoms with van der Waals surface area (Å²) in [5.74, 6) is -1.53. The predicted molar refractivity (Wildman–Crippen MR) is 97.3 cm³/mol. The molecule has 0 spiro atoms. The highest BCUT2D eigenvalue weighted by atomic mass is 35.5. The smallest absolute Gasteiger partial charge is 0.280 e. The van der Waals surface area contributed by atoms with Gasteiger partial charge in [-0.25, -0.2) is 4.39 Å². The Bertz CT molecular complexity index is 1030. The first-order valence-electron chi connectivity index (χ1n) is 7.05. The number of fused-ring (bicyclic) bond motifs is 1. The molecule has 3 rings (SSSR count). The summed E-state index contributed by atoms with van der Waals surface area (Å²) >= 11 is 12.3. The van der Waals surface area contributed by atoms with Crippen molar-refractivity contribution in [3.63, 3.8) is 0 Å². The molecule has 0 unspecified atom stereocenters. The van der Waals surface area contributed by atoms with Crippen LogP contribution in [0.5, 0.6) is 0 Å². The maximum Gasteiger partial charge on any atom is 0.280 e. The van der Waals surface area contributed by atoms with Gasteiger partial charge in [0, 0.05) is 21.9 Å². The van der Waals surface area contributed by atoms with Gasteiger partial charge < -0.3 is 11.5 Å². The second-order valence-corrected chi connectivity index (χ2v) is 5.94. The fourth-order valence-corrected chi connectivity index (χ4v) is 2.81. The zero-order chi connectivity index (χ0) is 18.1. The second-order valence-electron chi connectivity index (χ2n) is 5.16. The first-order valence-corrected chi connectivity index (χ1v) is 7.80. The van der Waals surface area contributed by atoms with Gasteiger partial charge in [-0.15, -0.1) is 0 Å². The van der Waals surface area contributed by atoms with Crippen molar-refractivity contribution < 1.29 is 9.18 Å². The van der Waals surface area contributed by atoms with Gasteiger partial charge in [-0.2, -0.15) is 4.99 Å². The molecule has 4 N–H and O–H groups in total. The summed E-state index contributed by atoms with van der Waals surface area (Å²) in [5, 5.41) is 1.29. The van der Waals surface area contributed by atoms with Crippen LogP contribution in [0.15, 0.2) is 47.6 Å². The number of carbonyl (C=O) groups is 1. The van der Waals surface area contributed by atoms with Crippen LogP contribution >= 0.6 is 23.2 Å². The summed E-state index contributed by atoms with van der Waals surface area (Å²) < 4.78 is 14.1. The Morgan fingerprint density at radius 1 is 1.12 bits per heavy atom. The van der Waals surface area contributed by atoms with E-state index < -0.39 is 11.7 Å². The summed E-state index contributed by atoms with van der Waals surface area (Å²) in [5.41, 5.74) is 11.6. The molecule has 3 aromatic rings. The third kappa shape index (κ3) is 3.26. The molecule has 8 heteroatoms. The predicted octanol–water partition coefficient (Wildman–Crippen LogP) is 3.76. The van der Waals surface area contributed by atoms with Gasteiger partial charge in [-0.1, -0.05) is 41.4 Å². The fourth-order valence-electron chi connectivity index (χ4n) is 2.42. The largest absolute Gasteiger partial charge is 0.370 e. The monoisotopic (exact) mass is 376 g/mol. The number of nitrogens with zero attached hydrogens (tertiary/aromatic N) is 2. The van der Waals surface area contributed by atoms with Crippen molar-refractivity contribution in [2.75, 3.05) is 0 Å². The topological polar surface area (TPSA) is 94.4 Å². The third-order valence-corrected chi connectivity index (χ3v) is 4.34. The number of amides is 1. The molecule has 1 amide bonds. The molecular weight excluding hydrogens is 366 g/mol. The molecule has 1 aromatic heterocycles. The Hall–Kier alpha value is -2.70. The van der Waals surface area contributed by atoms with Gasteiger partial charge in [0.2, 0.25) is 0 Å². The average Bonchev–Trinajstić information content (AvgIpc) is 2.57. The van der Waals surface area contributed by atoms with Crippen LogP contribution in [0.1, 0.15) is 10.4 Å². The van der Waals surface area contributed by atoms with Crippen LogP contribution in [-0.4, -0.2) is 16.9 Å². The molecular formula is C17H11Cl2FN4O. The minimum atomic E-state index is -0.644. The number of halogens is 3. The Morgan fingerprint density at radius 2 is 1.88 bits per heavy atom. The standard InChI is InChI=1S/C17H11Cl2FN4O/c18-12-3-1-2-10(14(12)19)15-11-6-8(16(25)24-17(21)22)4-5-9(11)13(20)7-23-15/h1-7H,(H4,21,22,24,25). The van der Waals surface area contributed by atoms with Crippen molar-refractivity contribution >= 4 is 45.8 Å². The van der Waals surface area contributed by atoms with Crippen LogP contribution < -0.4 is 11.5 Å². The number of guanidine groups is 1. The second kappa shape index (κ2) is 6.66. The van der Waals surface area contributed by atoms with Crippen molar-refractivity contribution in [2.24, 2.45) is 16.5 Å². The maximum atomic E-state index is 14.1. The fraction of sp³-hybridized carbons (Fsp3) is 0. The van der Waals surface area contributed by atoms with E-state index in [0.29, 0.717) is 21.7 Å². The lowest BCUT2D eigenvalue weighted by Gasteiger charge is -2.10. The van der Waals surface area contributed by atoms with Crippen LogP contribution in [-0.2, 0) is 0 Å². The van der Waals surface area contributed by atoms with Crippen molar-refractivity contribution in [1.29, 1.82) is 0 Å². The summed E-state index contributed by atoms with van der Waals surface area (Å²) in [7, 11) is 0. The van der Waals surface area contributed by atoms with Crippen LogP contribution in [0, 0.1) is 5.82 Å². The van der Waals surface area contributed by atoms with E-state index in [1.807, 2.05) is 0 Å². The zero-order valence-electron chi connectivity index (χ0n) is 12.6. The molecule has 2 aromatic carbocycles. The van der Waals surface area contributed by atoms with Gasteiger partial charge in [0.25, 0.3) is 5.91 Å². The molecule has 126 valence electrons. The molecule has 0 saturated heterocycles. The molecule has 0 aliphatic heterocycles. The van der Waals surface area contributed by atoms with E-state index in [9.17, 15) is 9.18 Å². The highest BCUT2D eigenvalue weighted by molar-refractivity contribution is 6.43. The van der Waals surface area contributed by atoms with E-state index >= 15 is 0 Å².